The normalized spacial score (nSPS) is 12.5. The minimum atomic E-state index is -3.64. The molecule has 0 fully saturated rings. The monoisotopic (exact) mass is 432 g/mol. The Morgan fingerprint density at radius 3 is 2.62 bits per heavy atom. The van der Waals surface area contributed by atoms with E-state index >= 15 is 0 Å². The molecule has 0 aliphatic carbocycles. The van der Waals surface area contributed by atoms with E-state index in [0.717, 1.165) is 23.5 Å². The number of hydrogen-bond donors (Lipinski definition) is 2. The number of aromatic nitrogens is 2. The predicted octanol–water partition coefficient (Wildman–Crippen LogP) is 3.77. The number of benzene rings is 1. The Hall–Kier alpha value is -2.49. The number of anilines is 1. The molecule has 2 aromatic heterocycles. The van der Waals surface area contributed by atoms with Gasteiger partial charge in [-0.25, -0.2) is 18.1 Å². The second kappa shape index (κ2) is 9.82. The summed E-state index contributed by atoms with van der Waals surface area (Å²) in [7, 11) is -2.09. The third-order valence-electron chi connectivity index (χ3n) is 4.35. The highest BCUT2D eigenvalue weighted by molar-refractivity contribution is 7.89. The fraction of sp³-hybridized carbons (Fsp3) is 0.300. The topological polar surface area (TPSA) is 93.2 Å². The molecular weight excluding hydrogens is 408 g/mol. The Morgan fingerprint density at radius 2 is 1.97 bits per heavy atom. The highest BCUT2D eigenvalue weighted by Gasteiger charge is 2.20. The zero-order chi connectivity index (χ0) is 20.7. The molecule has 9 heteroatoms. The van der Waals surface area contributed by atoms with Gasteiger partial charge in [0.2, 0.25) is 10.0 Å². The molecule has 154 valence electrons. The van der Waals surface area contributed by atoms with Crippen molar-refractivity contribution in [1.29, 1.82) is 0 Å². The number of methoxy groups -OCH3 is 1. The van der Waals surface area contributed by atoms with Crippen LogP contribution in [0.3, 0.4) is 0 Å². The Morgan fingerprint density at radius 1 is 1.17 bits per heavy atom. The molecule has 0 saturated carbocycles. The fourth-order valence-electron chi connectivity index (χ4n) is 2.91. The van der Waals surface area contributed by atoms with E-state index in [0.29, 0.717) is 18.7 Å². The number of rotatable bonds is 10. The van der Waals surface area contributed by atoms with Gasteiger partial charge in [0.1, 0.15) is 17.1 Å². The van der Waals surface area contributed by atoms with Crippen molar-refractivity contribution in [2.75, 3.05) is 19.0 Å². The largest absolute Gasteiger partial charge is 0.497 e. The number of nitrogens with zero attached hydrogens (tertiary/aromatic N) is 2. The van der Waals surface area contributed by atoms with Crippen molar-refractivity contribution >= 4 is 27.0 Å². The highest BCUT2D eigenvalue weighted by atomic mass is 32.2. The van der Waals surface area contributed by atoms with Gasteiger partial charge in [-0.15, -0.1) is 11.3 Å². The first kappa shape index (κ1) is 21.2. The second-order valence-electron chi connectivity index (χ2n) is 6.44. The van der Waals surface area contributed by atoms with Gasteiger partial charge < -0.3 is 10.1 Å². The first-order chi connectivity index (χ1) is 14.0. The van der Waals surface area contributed by atoms with Crippen molar-refractivity contribution < 1.29 is 13.2 Å². The van der Waals surface area contributed by atoms with E-state index in [4.69, 9.17) is 4.74 Å². The van der Waals surface area contributed by atoms with Crippen molar-refractivity contribution in [2.45, 2.75) is 30.7 Å². The number of nitrogens with one attached hydrogen (secondary N) is 2. The molecule has 1 aromatic carbocycles. The summed E-state index contributed by atoms with van der Waals surface area (Å²) in [5.41, 5.74) is 4.13. The minimum absolute atomic E-state index is 0.212. The average Bonchev–Trinajstić information content (AvgIpc) is 3.27. The fourth-order valence-corrected chi connectivity index (χ4v) is 4.72. The van der Waals surface area contributed by atoms with Gasteiger partial charge in [-0.1, -0.05) is 13.3 Å². The van der Waals surface area contributed by atoms with Gasteiger partial charge in [0, 0.05) is 24.2 Å². The number of thiazole rings is 1. The number of pyridine rings is 1. The van der Waals surface area contributed by atoms with Crippen molar-refractivity contribution in [2.24, 2.45) is 0 Å². The van der Waals surface area contributed by atoms with Gasteiger partial charge in [0.15, 0.2) is 0 Å². The molecule has 0 spiro atoms. The number of hydrogen-bond acceptors (Lipinski definition) is 7. The smallest absolute Gasteiger partial charge is 0.240 e. The summed E-state index contributed by atoms with van der Waals surface area (Å²) < 4.78 is 33.5. The third-order valence-corrected chi connectivity index (χ3v) is 6.47. The van der Waals surface area contributed by atoms with Crippen LogP contribution in [0.2, 0.25) is 0 Å². The van der Waals surface area contributed by atoms with Crippen molar-refractivity contribution in [3.8, 4) is 17.1 Å². The molecule has 7 nitrogen and oxygen atoms in total. The van der Waals surface area contributed by atoms with Crippen LogP contribution in [0.5, 0.6) is 5.75 Å². The molecule has 2 heterocycles. The Balaban J connectivity index is 1.72. The van der Waals surface area contributed by atoms with Gasteiger partial charge in [-0.2, -0.15) is 0 Å². The van der Waals surface area contributed by atoms with Crippen LogP contribution in [0.4, 0.5) is 5.69 Å². The zero-order valence-corrected chi connectivity index (χ0v) is 18.0. The van der Waals surface area contributed by atoms with Crippen LogP contribution in [0.25, 0.3) is 11.4 Å². The molecule has 0 radical (unpaired) electrons. The maximum absolute atomic E-state index is 12.8. The van der Waals surface area contributed by atoms with E-state index in [-0.39, 0.29) is 10.9 Å². The molecule has 0 bridgehead atoms. The molecule has 29 heavy (non-hydrogen) atoms. The minimum Gasteiger partial charge on any atom is -0.497 e. The summed E-state index contributed by atoms with van der Waals surface area (Å²) in [4.78, 5) is 8.94. The number of ether oxygens (including phenoxy) is 1. The summed E-state index contributed by atoms with van der Waals surface area (Å²) >= 11 is 1.50. The molecule has 0 amide bonds. The van der Waals surface area contributed by atoms with Gasteiger partial charge in [-0.05, 0) is 42.8 Å². The Bertz CT molecular complexity index is 1010. The summed E-state index contributed by atoms with van der Waals surface area (Å²) in [6, 6.07) is 9.85. The predicted molar refractivity (Wildman–Crippen MR) is 116 cm³/mol. The maximum atomic E-state index is 12.8. The van der Waals surface area contributed by atoms with Crippen LogP contribution in [0, 0.1) is 0 Å². The van der Waals surface area contributed by atoms with Crippen LogP contribution >= 0.6 is 11.3 Å². The standard InChI is InChI=1S/C20H24N4O3S2/c1-3-5-15(24-29(25,26)17-9-7-16(27-2)8-10-17)12-22-18-6-4-11-21-20(18)19-13-28-14-23-19/h4,6-11,13-15,22,24H,3,5,12H2,1-2H3. The van der Waals surface area contributed by atoms with Gasteiger partial charge in [-0.3, -0.25) is 4.98 Å². The van der Waals surface area contributed by atoms with E-state index in [9.17, 15) is 8.42 Å². The molecule has 2 N–H and O–H groups in total. The van der Waals surface area contributed by atoms with Crippen LogP contribution < -0.4 is 14.8 Å². The molecule has 0 saturated heterocycles. The Kier molecular flexibility index (Phi) is 7.18. The van der Waals surface area contributed by atoms with Crippen LogP contribution in [-0.4, -0.2) is 38.1 Å². The molecule has 3 rings (SSSR count). The summed E-state index contributed by atoms with van der Waals surface area (Å²) in [6.07, 6.45) is 3.27. The van der Waals surface area contributed by atoms with Crippen LogP contribution in [0.1, 0.15) is 19.8 Å². The lowest BCUT2D eigenvalue weighted by atomic mass is 10.1. The van der Waals surface area contributed by atoms with Crippen molar-refractivity contribution in [3.05, 3.63) is 53.5 Å². The van der Waals surface area contributed by atoms with Crippen molar-refractivity contribution in [3.63, 3.8) is 0 Å². The first-order valence-corrected chi connectivity index (χ1v) is 11.7. The van der Waals surface area contributed by atoms with E-state index in [1.54, 1.807) is 43.1 Å². The summed E-state index contributed by atoms with van der Waals surface area (Å²) in [5.74, 6) is 0.613. The van der Waals surface area contributed by atoms with E-state index in [1.807, 2.05) is 24.4 Å². The maximum Gasteiger partial charge on any atom is 0.240 e. The molecular formula is C20H24N4O3S2. The van der Waals surface area contributed by atoms with Gasteiger partial charge in [0.25, 0.3) is 0 Å². The third kappa shape index (κ3) is 5.53. The average molecular weight is 433 g/mol. The molecule has 1 atom stereocenters. The highest BCUT2D eigenvalue weighted by Crippen LogP contribution is 2.25. The molecule has 1 unspecified atom stereocenters. The molecule has 3 aromatic rings. The Labute approximate surface area is 175 Å². The number of sulfonamides is 1. The zero-order valence-electron chi connectivity index (χ0n) is 16.3. The van der Waals surface area contributed by atoms with Crippen LogP contribution in [0.15, 0.2) is 58.4 Å². The van der Waals surface area contributed by atoms with Crippen LogP contribution in [-0.2, 0) is 10.0 Å². The SMILES string of the molecule is CCCC(CNc1cccnc1-c1cscn1)NS(=O)(=O)c1ccc(OC)cc1. The summed E-state index contributed by atoms with van der Waals surface area (Å²) in [5, 5.41) is 5.27. The van der Waals surface area contributed by atoms with E-state index in [1.165, 1.54) is 11.3 Å². The lowest BCUT2D eigenvalue weighted by molar-refractivity contribution is 0.414. The van der Waals surface area contributed by atoms with E-state index in [2.05, 4.69) is 20.0 Å². The second-order valence-corrected chi connectivity index (χ2v) is 8.87. The molecule has 0 aliphatic heterocycles. The van der Waals surface area contributed by atoms with Crippen molar-refractivity contribution in [1.82, 2.24) is 14.7 Å². The van der Waals surface area contributed by atoms with Gasteiger partial charge >= 0.3 is 0 Å². The summed E-state index contributed by atoms with van der Waals surface area (Å²) in [6.45, 7) is 2.46. The van der Waals surface area contributed by atoms with Gasteiger partial charge in [0.05, 0.1) is 23.2 Å². The van der Waals surface area contributed by atoms with E-state index < -0.39 is 10.0 Å². The quantitative estimate of drug-likeness (QED) is 0.507. The molecule has 0 aliphatic rings. The first-order valence-electron chi connectivity index (χ1n) is 9.27. The lowest BCUT2D eigenvalue weighted by Gasteiger charge is -2.20. The lowest BCUT2D eigenvalue weighted by Crippen LogP contribution is -2.39.